The van der Waals surface area contributed by atoms with Crippen molar-refractivity contribution in [3.63, 3.8) is 0 Å². The van der Waals surface area contributed by atoms with Crippen molar-refractivity contribution in [2.75, 3.05) is 11.1 Å². The number of hydrogen-bond donors (Lipinski definition) is 2. The van der Waals surface area contributed by atoms with E-state index in [1.54, 1.807) is 12.1 Å². The molecule has 0 saturated heterocycles. The van der Waals surface area contributed by atoms with Crippen LogP contribution in [0.25, 0.3) is 0 Å². The van der Waals surface area contributed by atoms with E-state index in [-0.39, 0.29) is 0 Å². The minimum atomic E-state index is 0.577. The fraction of sp³-hybridized carbons (Fsp3) is 0.133. The predicted octanol–water partition coefficient (Wildman–Crippen LogP) is 3.06. The number of hydrogen-bond acceptors (Lipinski definition) is 3. The molecule has 0 unspecified atom stereocenters. The van der Waals surface area contributed by atoms with Gasteiger partial charge in [-0.15, -0.1) is 0 Å². The first-order valence-electron chi connectivity index (χ1n) is 5.78. The fourth-order valence-electron chi connectivity index (χ4n) is 1.70. The van der Waals surface area contributed by atoms with Crippen LogP contribution in [0.3, 0.4) is 0 Å². The zero-order chi connectivity index (χ0) is 13.0. The van der Waals surface area contributed by atoms with E-state index >= 15 is 0 Å². The molecule has 0 heterocycles. The van der Waals surface area contributed by atoms with Gasteiger partial charge in [-0.25, -0.2) is 0 Å². The lowest BCUT2D eigenvalue weighted by Crippen LogP contribution is -2.02. The average Bonchev–Trinajstić information content (AvgIpc) is 2.39. The van der Waals surface area contributed by atoms with E-state index in [1.165, 1.54) is 11.1 Å². The maximum absolute atomic E-state index is 8.76. The molecule has 2 rings (SSSR count). The van der Waals surface area contributed by atoms with Crippen molar-refractivity contribution >= 4 is 11.4 Å². The van der Waals surface area contributed by atoms with Crippen molar-refractivity contribution in [3.8, 4) is 6.07 Å². The van der Waals surface area contributed by atoms with Crippen LogP contribution < -0.4 is 11.1 Å². The third-order valence-electron chi connectivity index (χ3n) is 2.78. The average molecular weight is 237 g/mol. The Labute approximate surface area is 107 Å². The number of nitrogens with two attached hydrogens (primary N) is 1. The molecule has 0 aromatic heterocycles. The number of nitriles is 1. The number of aryl methyl sites for hydroxylation is 1. The Morgan fingerprint density at radius 1 is 1.17 bits per heavy atom. The summed E-state index contributed by atoms with van der Waals surface area (Å²) in [4.78, 5) is 0. The van der Waals surface area contributed by atoms with E-state index in [4.69, 9.17) is 11.0 Å². The molecule has 0 atom stereocenters. The van der Waals surface area contributed by atoms with Gasteiger partial charge in [-0.3, -0.25) is 0 Å². The summed E-state index contributed by atoms with van der Waals surface area (Å²) in [5.74, 6) is 0. The van der Waals surface area contributed by atoms with Crippen LogP contribution in [0.2, 0.25) is 0 Å². The Hall–Kier alpha value is -2.47. The van der Waals surface area contributed by atoms with Crippen molar-refractivity contribution in [1.82, 2.24) is 0 Å². The van der Waals surface area contributed by atoms with Crippen molar-refractivity contribution in [2.45, 2.75) is 13.5 Å². The molecule has 0 radical (unpaired) electrons. The zero-order valence-electron chi connectivity index (χ0n) is 10.3. The molecule has 0 aliphatic carbocycles. The molecule has 0 fully saturated rings. The summed E-state index contributed by atoms with van der Waals surface area (Å²) in [6, 6.07) is 15.7. The quantitative estimate of drug-likeness (QED) is 0.806. The Balaban J connectivity index is 2.06. The summed E-state index contributed by atoms with van der Waals surface area (Å²) in [6.07, 6.45) is 0. The maximum atomic E-state index is 8.76. The molecule has 2 aromatic carbocycles. The van der Waals surface area contributed by atoms with Crippen LogP contribution in [-0.2, 0) is 6.54 Å². The van der Waals surface area contributed by atoms with Crippen molar-refractivity contribution in [3.05, 3.63) is 59.2 Å². The second kappa shape index (κ2) is 5.24. The second-order valence-electron chi connectivity index (χ2n) is 4.25. The largest absolute Gasteiger partial charge is 0.397 e. The molecule has 3 nitrogen and oxygen atoms in total. The van der Waals surface area contributed by atoms with E-state index in [0.717, 1.165) is 12.2 Å². The number of rotatable bonds is 3. The molecule has 18 heavy (non-hydrogen) atoms. The van der Waals surface area contributed by atoms with Crippen LogP contribution >= 0.6 is 0 Å². The molecule has 90 valence electrons. The highest BCUT2D eigenvalue weighted by Gasteiger charge is 2.00. The van der Waals surface area contributed by atoms with Gasteiger partial charge in [-0.05, 0) is 30.7 Å². The van der Waals surface area contributed by atoms with Crippen molar-refractivity contribution in [2.24, 2.45) is 0 Å². The summed E-state index contributed by atoms with van der Waals surface area (Å²) < 4.78 is 0. The van der Waals surface area contributed by atoms with Crippen LogP contribution in [0.1, 0.15) is 16.7 Å². The monoisotopic (exact) mass is 237 g/mol. The van der Waals surface area contributed by atoms with Gasteiger partial charge in [-0.2, -0.15) is 5.26 Å². The SMILES string of the molecule is Cc1ccc(CNc2ccc(C#N)cc2N)cc1. The molecule has 0 aliphatic heterocycles. The van der Waals surface area contributed by atoms with Gasteiger partial charge in [0.25, 0.3) is 0 Å². The van der Waals surface area contributed by atoms with Crippen LogP contribution in [0.4, 0.5) is 11.4 Å². The van der Waals surface area contributed by atoms with Gasteiger partial charge in [0.15, 0.2) is 0 Å². The predicted molar refractivity (Wildman–Crippen MR) is 74.1 cm³/mol. The molecule has 0 saturated carbocycles. The van der Waals surface area contributed by atoms with E-state index in [2.05, 4.69) is 42.6 Å². The third-order valence-corrected chi connectivity index (χ3v) is 2.78. The standard InChI is InChI=1S/C15H15N3/c1-11-2-4-12(5-3-11)10-18-15-7-6-13(9-16)8-14(15)17/h2-8,18H,10,17H2,1H3. The summed E-state index contributed by atoms with van der Waals surface area (Å²) in [7, 11) is 0. The Bertz CT molecular complexity index is 580. The summed E-state index contributed by atoms with van der Waals surface area (Å²) >= 11 is 0. The lowest BCUT2D eigenvalue weighted by Gasteiger charge is -2.09. The molecule has 2 aromatic rings. The van der Waals surface area contributed by atoms with Gasteiger partial charge in [0.2, 0.25) is 0 Å². The molecular weight excluding hydrogens is 222 g/mol. The number of benzene rings is 2. The number of nitrogens with one attached hydrogen (secondary N) is 1. The summed E-state index contributed by atoms with van der Waals surface area (Å²) in [5.41, 5.74) is 10.3. The van der Waals surface area contributed by atoms with Gasteiger partial charge < -0.3 is 11.1 Å². The molecule has 3 heteroatoms. The third kappa shape index (κ3) is 2.80. The summed E-state index contributed by atoms with van der Waals surface area (Å²) in [5, 5.41) is 12.0. The first kappa shape index (κ1) is 12.0. The number of anilines is 2. The molecular formula is C15H15N3. The van der Waals surface area contributed by atoms with Crippen LogP contribution in [0, 0.1) is 18.3 Å². The molecule has 0 amide bonds. The van der Waals surface area contributed by atoms with Crippen LogP contribution in [-0.4, -0.2) is 0 Å². The minimum Gasteiger partial charge on any atom is -0.397 e. The van der Waals surface area contributed by atoms with Crippen LogP contribution in [0.5, 0.6) is 0 Å². The Kier molecular flexibility index (Phi) is 3.49. The zero-order valence-corrected chi connectivity index (χ0v) is 10.3. The number of nitrogen functional groups attached to an aromatic ring is 1. The normalized spacial score (nSPS) is 9.78. The van der Waals surface area contributed by atoms with E-state index in [1.807, 2.05) is 6.07 Å². The smallest absolute Gasteiger partial charge is 0.0992 e. The lowest BCUT2D eigenvalue weighted by molar-refractivity contribution is 1.15. The highest BCUT2D eigenvalue weighted by molar-refractivity contribution is 5.68. The number of nitrogens with zero attached hydrogens (tertiary/aromatic N) is 1. The second-order valence-corrected chi connectivity index (χ2v) is 4.25. The van der Waals surface area contributed by atoms with Gasteiger partial charge in [-0.1, -0.05) is 29.8 Å². The molecule has 0 spiro atoms. The molecule has 3 N–H and O–H groups in total. The first-order valence-corrected chi connectivity index (χ1v) is 5.78. The highest BCUT2D eigenvalue weighted by Crippen LogP contribution is 2.20. The Morgan fingerprint density at radius 3 is 2.50 bits per heavy atom. The van der Waals surface area contributed by atoms with Gasteiger partial charge in [0, 0.05) is 6.54 Å². The Morgan fingerprint density at radius 2 is 1.89 bits per heavy atom. The molecule has 0 bridgehead atoms. The highest BCUT2D eigenvalue weighted by atomic mass is 14.9. The lowest BCUT2D eigenvalue weighted by atomic mass is 10.1. The van der Waals surface area contributed by atoms with E-state index in [9.17, 15) is 0 Å². The topological polar surface area (TPSA) is 61.8 Å². The van der Waals surface area contributed by atoms with E-state index < -0.39 is 0 Å². The summed E-state index contributed by atoms with van der Waals surface area (Å²) in [6.45, 7) is 2.78. The van der Waals surface area contributed by atoms with Gasteiger partial charge >= 0.3 is 0 Å². The van der Waals surface area contributed by atoms with Crippen molar-refractivity contribution < 1.29 is 0 Å². The maximum Gasteiger partial charge on any atom is 0.0992 e. The minimum absolute atomic E-state index is 0.577. The molecule has 0 aliphatic rings. The first-order chi connectivity index (χ1) is 8.69. The van der Waals surface area contributed by atoms with E-state index in [0.29, 0.717) is 11.3 Å². The van der Waals surface area contributed by atoms with Crippen LogP contribution in [0.15, 0.2) is 42.5 Å². The van der Waals surface area contributed by atoms with Crippen molar-refractivity contribution in [1.29, 1.82) is 5.26 Å². The van der Waals surface area contributed by atoms with Gasteiger partial charge in [0.1, 0.15) is 0 Å². The fourth-order valence-corrected chi connectivity index (χ4v) is 1.70. The van der Waals surface area contributed by atoms with Gasteiger partial charge in [0.05, 0.1) is 23.0 Å².